The maximum atomic E-state index is 5.94. The number of anilines is 2. The van der Waals surface area contributed by atoms with Crippen molar-refractivity contribution in [1.82, 2.24) is 4.98 Å². The molecule has 3 aromatic rings. The minimum Gasteiger partial charge on any atom is -0.497 e. The fraction of sp³-hybridized carbons (Fsp3) is 0.211. The van der Waals surface area contributed by atoms with Gasteiger partial charge in [0, 0.05) is 21.2 Å². The summed E-state index contributed by atoms with van der Waals surface area (Å²) in [7, 11) is 1.68. The molecule has 124 valence electrons. The zero-order chi connectivity index (χ0) is 16.9. The van der Waals surface area contributed by atoms with E-state index in [2.05, 4.69) is 24.4 Å². The van der Waals surface area contributed by atoms with Crippen LogP contribution in [0.5, 0.6) is 5.75 Å². The summed E-state index contributed by atoms with van der Waals surface area (Å²) in [5.74, 6) is 0.852. The van der Waals surface area contributed by atoms with E-state index < -0.39 is 0 Å². The van der Waals surface area contributed by atoms with Crippen LogP contribution in [0.2, 0.25) is 5.02 Å². The first-order chi connectivity index (χ1) is 11.7. The van der Waals surface area contributed by atoms with E-state index in [0.29, 0.717) is 0 Å². The molecule has 0 spiro atoms. The molecular weight excluding hydrogens is 340 g/mol. The Kier molecular flexibility index (Phi) is 5.38. The molecule has 0 saturated carbocycles. The standard InChI is InChI=1S/C19H19ClN2OS/c1-3-4-17-18(13-5-11-16(23-2)12-6-13)22-19(24-17)21-15-9-7-14(20)8-10-15/h5-12H,3-4H2,1-2H3,(H,21,22). The number of halogens is 1. The van der Waals surface area contributed by atoms with Gasteiger partial charge >= 0.3 is 0 Å². The van der Waals surface area contributed by atoms with Crippen molar-refractivity contribution < 1.29 is 4.74 Å². The Hall–Kier alpha value is -2.04. The molecule has 0 atom stereocenters. The maximum absolute atomic E-state index is 5.94. The second-order valence-corrected chi connectivity index (χ2v) is 6.92. The number of ether oxygens (including phenoxy) is 1. The number of aromatic nitrogens is 1. The number of nitrogens with one attached hydrogen (secondary N) is 1. The predicted octanol–water partition coefficient (Wildman–Crippen LogP) is 6.17. The number of hydrogen-bond acceptors (Lipinski definition) is 4. The van der Waals surface area contributed by atoms with E-state index in [9.17, 15) is 0 Å². The molecule has 1 heterocycles. The molecule has 0 radical (unpaired) electrons. The van der Waals surface area contributed by atoms with E-state index >= 15 is 0 Å². The molecule has 0 saturated heterocycles. The molecule has 5 heteroatoms. The zero-order valence-electron chi connectivity index (χ0n) is 13.7. The summed E-state index contributed by atoms with van der Waals surface area (Å²) in [6.45, 7) is 2.18. The van der Waals surface area contributed by atoms with Crippen LogP contribution in [-0.2, 0) is 6.42 Å². The molecule has 0 fully saturated rings. The van der Waals surface area contributed by atoms with E-state index in [1.807, 2.05) is 36.4 Å². The highest BCUT2D eigenvalue weighted by Crippen LogP contribution is 2.34. The number of aryl methyl sites for hydroxylation is 1. The van der Waals surface area contributed by atoms with E-state index in [-0.39, 0.29) is 0 Å². The number of hydrogen-bond donors (Lipinski definition) is 1. The Bertz CT molecular complexity index is 797. The molecule has 0 aliphatic heterocycles. The van der Waals surface area contributed by atoms with E-state index in [1.54, 1.807) is 18.4 Å². The molecule has 1 aromatic heterocycles. The Labute approximate surface area is 151 Å². The van der Waals surface area contributed by atoms with Gasteiger partial charge in [-0.25, -0.2) is 4.98 Å². The molecule has 2 aromatic carbocycles. The fourth-order valence-corrected chi connectivity index (χ4v) is 3.66. The third-order valence-electron chi connectivity index (χ3n) is 3.63. The Balaban J connectivity index is 1.90. The minimum atomic E-state index is 0.727. The van der Waals surface area contributed by atoms with Crippen molar-refractivity contribution in [3.05, 3.63) is 58.4 Å². The van der Waals surface area contributed by atoms with Gasteiger partial charge in [0.05, 0.1) is 12.8 Å². The lowest BCUT2D eigenvalue weighted by Crippen LogP contribution is -1.89. The molecule has 24 heavy (non-hydrogen) atoms. The Morgan fingerprint density at radius 1 is 1.08 bits per heavy atom. The van der Waals surface area contributed by atoms with Gasteiger partial charge in [0.1, 0.15) is 5.75 Å². The number of methoxy groups -OCH3 is 1. The topological polar surface area (TPSA) is 34.2 Å². The van der Waals surface area contributed by atoms with Crippen LogP contribution in [0.15, 0.2) is 48.5 Å². The smallest absolute Gasteiger partial charge is 0.187 e. The number of nitrogens with zero attached hydrogens (tertiary/aromatic N) is 1. The molecule has 3 nitrogen and oxygen atoms in total. The average molecular weight is 359 g/mol. The van der Waals surface area contributed by atoms with Crippen molar-refractivity contribution in [3.63, 3.8) is 0 Å². The van der Waals surface area contributed by atoms with E-state index in [4.69, 9.17) is 21.3 Å². The van der Waals surface area contributed by atoms with Crippen LogP contribution in [0.3, 0.4) is 0 Å². The van der Waals surface area contributed by atoms with Gasteiger partial charge in [-0.3, -0.25) is 0 Å². The van der Waals surface area contributed by atoms with Gasteiger partial charge in [-0.2, -0.15) is 0 Å². The van der Waals surface area contributed by atoms with Gasteiger partial charge in [-0.05, 0) is 55.0 Å². The largest absolute Gasteiger partial charge is 0.497 e. The van der Waals surface area contributed by atoms with Crippen LogP contribution in [0.1, 0.15) is 18.2 Å². The molecule has 0 aliphatic rings. The van der Waals surface area contributed by atoms with Crippen molar-refractivity contribution in [3.8, 4) is 17.0 Å². The summed E-state index contributed by atoms with van der Waals surface area (Å²) in [5, 5.41) is 4.99. The summed E-state index contributed by atoms with van der Waals surface area (Å²) in [4.78, 5) is 6.10. The predicted molar refractivity (Wildman–Crippen MR) is 103 cm³/mol. The average Bonchev–Trinajstić information content (AvgIpc) is 3.00. The van der Waals surface area contributed by atoms with Crippen molar-refractivity contribution in [2.24, 2.45) is 0 Å². The maximum Gasteiger partial charge on any atom is 0.187 e. The number of thiazole rings is 1. The number of rotatable bonds is 6. The lowest BCUT2D eigenvalue weighted by Gasteiger charge is -2.03. The van der Waals surface area contributed by atoms with E-state index in [0.717, 1.165) is 45.7 Å². The third-order valence-corrected chi connectivity index (χ3v) is 4.92. The van der Waals surface area contributed by atoms with Gasteiger partial charge in [-0.15, -0.1) is 11.3 Å². The second-order valence-electron chi connectivity index (χ2n) is 5.40. The normalized spacial score (nSPS) is 10.6. The fourth-order valence-electron chi connectivity index (χ4n) is 2.43. The molecule has 0 aliphatic carbocycles. The first-order valence-electron chi connectivity index (χ1n) is 7.86. The molecule has 1 N–H and O–H groups in total. The SMILES string of the molecule is CCCc1sc(Nc2ccc(Cl)cc2)nc1-c1ccc(OC)cc1. The Morgan fingerprint density at radius 3 is 2.42 bits per heavy atom. The molecular formula is C19H19ClN2OS. The van der Waals surface area contributed by atoms with Gasteiger partial charge in [-0.1, -0.05) is 24.9 Å². The highest BCUT2D eigenvalue weighted by molar-refractivity contribution is 7.16. The van der Waals surface area contributed by atoms with Crippen molar-refractivity contribution in [1.29, 1.82) is 0 Å². The van der Waals surface area contributed by atoms with E-state index in [1.165, 1.54) is 4.88 Å². The van der Waals surface area contributed by atoms with Crippen LogP contribution >= 0.6 is 22.9 Å². The lowest BCUT2D eigenvalue weighted by molar-refractivity contribution is 0.415. The number of benzene rings is 2. The summed E-state index contributed by atoms with van der Waals surface area (Å²) in [6, 6.07) is 15.7. The summed E-state index contributed by atoms with van der Waals surface area (Å²) >= 11 is 7.64. The van der Waals surface area contributed by atoms with Gasteiger partial charge in [0.15, 0.2) is 5.13 Å². The van der Waals surface area contributed by atoms with Crippen LogP contribution in [0.4, 0.5) is 10.8 Å². The highest BCUT2D eigenvalue weighted by atomic mass is 35.5. The van der Waals surface area contributed by atoms with Crippen LogP contribution in [-0.4, -0.2) is 12.1 Å². The first kappa shape index (κ1) is 16.8. The molecule has 3 rings (SSSR count). The monoisotopic (exact) mass is 358 g/mol. The minimum absolute atomic E-state index is 0.727. The van der Waals surface area contributed by atoms with Gasteiger partial charge < -0.3 is 10.1 Å². The second kappa shape index (κ2) is 7.69. The van der Waals surface area contributed by atoms with Crippen LogP contribution in [0, 0.1) is 0 Å². The third kappa shape index (κ3) is 3.89. The van der Waals surface area contributed by atoms with Crippen molar-refractivity contribution in [2.45, 2.75) is 19.8 Å². The lowest BCUT2D eigenvalue weighted by atomic mass is 10.1. The molecule has 0 bridgehead atoms. The Morgan fingerprint density at radius 2 is 1.79 bits per heavy atom. The van der Waals surface area contributed by atoms with Crippen molar-refractivity contribution >= 4 is 33.8 Å². The molecule has 0 unspecified atom stereocenters. The quantitative estimate of drug-likeness (QED) is 0.572. The zero-order valence-corrected chi connectivity index (χ0v) is 15.2. The highest BCUT2D eigenvalue weighted by Gasteiger charge is 2.13. The molecule has 0 amide bonds. The van der Waals surface area contributed by atoms with Crippen LogP contribution in [0.25, 0.3) is 11.3 Å². The first-order valence-corrected chi connectivity index (χ1v) is 9.05. The summed E-state index contributed by atoms with van der Waals surface area (Å²) in [6.07, 6.45) is 2.10. The summed E-state index contributed by atoms with van der Waals surface area (Å²) in [5.41, 5.74) is 3.14. The van der Waals surface area contributed by atoms with Gasteiger partial charge in [0.25, 0.3) is 0 Å². The van der Waals surface area contributed by atoms with Gasteiger partial charge in [0.2, 0.25) is 0 Å². The van der Waals surface area contributed by atoms with Crippen LogP contribution < -0.4 is 10.1 Å². The summed E-state index contributed by atoms with van der Waals surface area (Å²) < 4.78 is 5.24. The van der Waals surface area contributed by atoms with Crippen molar-refractivity contribution in [2.75, 3.05) is 12.4 Å².